The van der Waals surface area contributed by atoms with Crippen LogP contribution in [-0.4, -0.2) is 50.9 Å². The first-order valence-corrected chi connectivity index (χ1v) is 10.1. The minimum Gasteiger partial charge on any atom is -0.494 e. The fourth-order valence-electron chi connectivity index (χ4n) is 3.22. The Morgan fingerprint density at radius 1 is 1.30 bits per heavy atom. The van der Waals surface area contributed by atoms with E-state index >= 15 is 0 Å². The first-order chi connectivity index (χ1) is 14.5. The average Bonchev–Trinajstić information content (AvgIpc) is 2.95. The first kappa shape index (κ1) is 21.4. The van der Waals surface area contributed by atoms with E-state index in [1.165, 1.54) is 4.90 Å². The summed E-state index contributed by atoms with van der Waals surface area (Å²) in [5, 5.41) is 3.21. The monoisotopic (exact) mass is 424 g/mol. The van der Waals surface area contributed by atoms with Crippen LogP contribution in [0.2, 0.25) is 0 Å². The Morgan fingerprint density at radius 2 is 2.07 bits per heavy atom. The van der Waals surface area contributed by atoms with Crippen molar-refractivity contribution in [3.63, 3.8) is 0 Å². The van der Waals surface area contributed by atoms with Crippen molar-refractivity contribution >= 4 is 34.8 Å². The molecule has 8 heteroatoms. The molecule has 2 heterocycles. The van der Waals surface area contributed by atoms with Crippen molar-refractivity contribution < 1.29 is 14.3 Å². The summed E-state index contributed by atoms with van der Waals surface area (Å²) in [5.41, 5.74) is 1.40. The van der Waals surface area contributed by atoms with Crippen LogP contribution in [0.3, 0.4) is 0 Å². The third-order valence-electron chi connectivity index (χ3n) is 4.60. The van der Waals surface area contributed by atoms with Gasteiger partial charge in [-0.1, -0.05) is 12.1 Å². The quantitative estimate of drug-likeness (QED) is 0.493. The van der Waals surface area contributed by atoms with Crippen molar-refractivity contribution in [2.24, 2.45) is 0 Å². The molecule has 1 saturated heterocycles. The lowest BCUT2D eigenvalue weighted by Crippen LogP contribution is -2.37. The van der Waals surface area contributed by atoms with Crippen LogP contribution in [-0.2, 0) is 16.1 Å². The molecule has 1 N–H and O–H groups in total. The van der Waals surface area contributed by atoms with Gasteiger partial charge in [0.05, 0.1) is 25.3 Å². The summed E-state index contributed by atoms with van der Waals surface area (Å²) in [6.45, 7) is 6.82. The summed E-state index contributed by atoms with van der Waals surface area (Å²) < 4.78 is 5.41. The lowest BCUT2D eigenvalue weighted by Gasteiger charge is -2.23. The zero-order chi connectivity index (χ0) is 21.5. The average molecular weight is 425 g/mol. The van der Waals surface area contributed by atoms with E-state index < -0.39 is 6.04 Å². The van der Waals surface area contributed by atoms with Gasteiger partial charge in [-0.25, -0.2) is 0 Å². The summed E-state index contributed by atoms with van der Waals surface area (Å²) in [6.07, 6.45) is 3.28. The van der Waals surface area contributed by atoms with E-state index in [0.29, 0.717) is 30.5 Å². The van der Waals surface area contributed by atoms with Crippen molar-refractivity contribution in [3.8, 4) is 5.75 Å². The number of hydrogen-bond donors (Lipinski definition) is 1. The van der Waals surface area contributed by atoms with E-state index in [9.17, 15) is 9.59 Å². The fraction of sp³-hybridized carbons (Fsp3) is 0.273. The highest BCUT2D eigenvalue weighted by atomic mass is 32.1. The molecular formula is C22H24N4O3S. The Morgan fingerprint density at radius 3 is 2.70 bits per heavy atom. The van der Waals surface area contributed by atoms with Crippen LogP contribution < -0.4 is 10.1 Å². The number of aromatic nitrogens is 1. The molecule has 0 spiro atoms. The van der Waals surface area contributed by atoms with Gasteiger partial charge in [0.1, 0.15) is 11.8 Å². The van der Waals surface area contributed by atoms with Gasteiger partial charge < -0.3 is 15.0 Å². The highest BCUT2D eigenvalue weighted by molar-refractivity contribution is 7.80. The Labute approximate surface area is 181 Å². The largest absolute Gasteiger partial charge is 0.494 e. The van der Waals surface area contributed by atoms with Gasteiger partial charge in [0.2, 0.25) is 5.91 Å². The van der Waals surface area contributed by atoms with Crippen LogP contribution in [0.5, 0.6) is 5.75 Å². The second-order valence-electron chi connectivity index (χ2n) is 6.69. The third-order valence-corrected chi connectivity index (χ3v) is 5.06. The molecule has 0 bridgehead atoms. The Balaban J connectivity index is 1.72. The second kappa shape index (κ2) is 9.98. The van der Waals surface area contributed by atoms with Crippen molar-refractivity contribution in [2.75, 3.05) is 18.5 Å². The number of thiocarbonyl (C=S) groups is 1. The Bertz CT molecular complexity index is 918. The van der Waals surface area contributed by atoms with E-state index in [2.05, 4.69) is 16.9 Å². The maximum absolute atomic E-state index is 12.9. The van der Waals surface area contributed by atoms with Gasteiger partial charge in [-0.15, -0.1) is 6.58 Å². The number of ether oxygens (including phenoxy) is 1. The number of benzene rings is 1. The topological polar surface area (TPSA) is 74.8 Å². The molecule has 0 saturated carbocycles. The number of nitrogens with zero attached hydrogens (tertiary/aromatic N) is 3. The standard InChI is InChI=1S/C22H24N4O3S/c1-3-13-25-21(28)19(26(22(25)30)15-17-7-5-6-12-23-17)14-20(27)24-16-8-10-18(11-9-16)29-4-2/h3,5-12,19H,1,4,13-15H2,2H3,(H,24,27)/t19-/m1/s1. The molecule has 7 nitrogen and oxygen atoms in total. The lowest BCUT2D eigenvalue weighted by atomic mass is 10.1. The number of nitrogens with one attached hydrogen (secondary N) is 1. The lowest BCUT2D eigenvalue weighted by molar-refractivity contribution is -0.130. The predicted molar refractivity (Wildman–Crippen MR) is 119 cm³/mol. The van der Waals surface area contributed by atoms with E-state index in [1.807, 2.05) is 25.1 Å². The van der Waals surface area contributed by atoms with Crippen molar-refractivity contribution in [1.82, 2.24) is 14.8 Å². The van der Waals surface area contributed by atoms with Crippen LogP contribution in [0, 0.1) is 0 Å². The van der Waals surface area contributed by atoms with E-state index in [4.69, 9.17) is 17.0 Å². The van der Waals surface area contributed by atoms with Crippen molar-refractivity contribution in [3.05, 3.63) is 67.0 Å². The molecule has 3 rings (SSSR count). The third kappa shape index (κ3) is 5.01. The van der Waals surface area contributed by atoms with Crippen molar-refractivity contribution in [1.29, 1.82) is 0 Å². The Hall–Kier alpha value is -3.26. The molecule has 2 aromatic rings. The zero-order valence-electron chi connectivity index (χ0n) is 16.8. The smallest absolute Gasteiger partial charge is 0.252 e. The first-order valence-electron chi connectivity index (χ1n) is 9.69. The number of hydrogen-bond acceptors (Lipinski definition) is 5. The Kier molecular flexibility index (Phi) is 7.13. The van der Waals surface area contributed by atoms with Crippen LogP contribution in [0.15, 0.2) is 61.3 Å². The number of amides is 2. The fourth-order valence-corrected chi connectivity index (χ4v) is 3.58. The van der Waals surface area contributed by atoms with Gasteiger partial charge in [0.15, 0.2) is 5.11 Å². The minimum absolute atomic E-state index is 0.0212. The minimum atomic E-state index is -0.692. The number of carbonyl (C=O) groups excluding carboxylic acids is 2. The molecule has 0 unspecified atom stereocenters. The van der Waals surface area contributed by atoms with Crippen LogP contribution >= 0.6 is 12.2 Å². The zero-order valence-corrected chi connectivity index (χ0v) is 17.6. The van der Waals surface area contributed by atoms with E-state index in [-0.39, 0.29) is 18.2 Å². The maximum atomic E-state index is 12.9. The van der Waals surface area contributed by atoms with E-state index in [0.717, 1.165) is 11.4 Å². The van der Waals surface area contributed by atoms with E-state index in [1.54, 1.807) is 41.4 Å². The van der Waals surface area contributed by atoms with Gasteiger partial charge in [-0.2, -0.15) is 0 Å². The summed E-state index contributed by atoms with van der Waals surface area (Å²) in [7, 11) is 0. The molecular weight excluding hydrogens is 400 g/mol. The molecule has 1 fully saturated rings. The number of rotatable bonds is 9. The maximum Gasteiger partial charge on any atom is 0.252 e. The van der Waals surface area contributed by atoms with Gasteiger partial charge in [0, 0.05) is 18.4 Å². The molecule has 156 valence electrons. The molecule has 1 aromatic carbocycles. The number of carbonyl (C=O) groups is 2. The summed E-state index contributed by atoms with van der Waals surface area (Å²) in [5.74, 6) is 0.248. The molecule has 2 amide bonds. The van der Waals surface area contributed by atoms with Gasteiger partial charge >= 0.3 is 0 Å². The van der Waals surface area contributed by atoms with Gasteiger partial charge in [0.25, 0.3) is 5.91 Å². The molecule has 1 aromatic heterocycles. The van der Waals surface area contributed by atoms with Gasteiger partial charge in [-0.3, -0.25) is 19.5 Å². The van der Waals surface area contributed by atoms with Crippen LogP contribution in [0.1, 0.15) is 19.0 Å². The highest BCUT2D eigenvalue weighted by Crippen LogP contribution is 2.24. The van der Waals surface area contributed by atoms with Crippen LogP contribution in [0.25, 0.3) is 0 Å². The normalized spacial score (nSPS) is 16.0. The molecule has 0 aliphatic carbocycles. The highest BCUT2D eigenvalue weighted by Gasteiger charge is 2.42. The molecule has 1 aliphatic rings. The molecule has 0 radical (unpaired) electrons. The summed E-state index contributed by atoms with van der Waals surface area (Å²) in [4.78, 5) is 33.2. The molecule has 1 atom stereocenters. The number of pyridine rings is 1. The molecule has 1 aliphatic heterocycles. The predicted octanol–water partition coefficient (Wildman–Crippen LogP) is 2.99. The molecule has 30 heavy (non-hydrogen) atoms. The van der Waals surface area contributed by atoms with Crippen LogP contribution in [0.4, 0.5) is 5.69 Å². The SMILES string of the molecule is C=CCN1C(=O)[C@@H](CC(=O)Nc2ccc(OCC)cc2)N(Cc2ccccn2)C1=S. The van der Waals surface area contributed by atoms with Crippen molar-refractivity contribution in [2.45, 2.75) is 25.9 Å². The van der Waals surface area contributed by atoms with Gasteiger partial charge in [-0.05, 0) is 55.5 Å². The summed E-state index contributed by atoms with van der Waals surface area (Å²) in [6, 6.07) is 12.0. The number of anilines is 1. The summed E-state index contributed by atoms with van der Waals surface area (Å²) >= 11 is 5.51. The second-order valence-corrected chi connectivity index (χ2v) is 7.06.